The molecule has 4 aromatic heterocycles. The van der Waals surface area contributed by atoms with Gasteiger partial charge in [-0.15, -0.1) is 0 Å². The number of carbonyl (C=O) groups excluding carboxylic acids is 1. The molecule has 37 heavy (non-hydrogen) atoms. The minimum atomic E-state index is -0.913. The summed E-state index contributed by atoms with van der Waals surface area (Å²) in [7, 11) is 1.51. The Morgan fingerprint density at radius 2 is 1.84 bits per heavy atom. The van der Waals surface area contributed by atoms with Crippen LogP contribution in [0.15, 0.2) is 67.3 Å². The van der Waals surface area contributed by atoms with E-state index in [1.807, 2.05) is 6.92 Å². The van der Waals surface area contributed by atoms with Gasteiger partial charge in [0.15, 0.2) is 5.78 Å². The molecule has 0 spiro atoms. The van der Waals surface area contributed by atoms with Crippen molar-refractivity contribution in [3.05, 3.63) is 101 Å². The number of halogens is 2. The van der Waals surface area contributed by atoms with E-state index in [1.165, 1.54) is 50.1 Å². The van der Waals surface area contributed by atoms with Crippen LogP contribution in [0.1, 0.15) is 40.0 Å². The van der Waals surface area contributed by atoms with Crippen LogP contribution in [0, 0.1) is 11.8 Å². The zero-order valence-corrected chi connectivity index (χ0v) is 20.0. The van der Waals surface area contributed by atoms with E-state index in [2.05, 4.69) is 30.2 Å². The molecule has 5 rings (SSSR count). The second kappa shape index (κ2) is 10.1. The molecule has 0 radical (unpaired) electrons. The maximum Gasteiger partial charge on any atom is 0.226 e. The van der Waals surface area contributed by atoms with Crippen molar-refractivity contribution < 1.29 is 18.3 Å². The van der Waals surface area contributed by atoms with Crippen LogP contribution < -0.4 is 10.1 Å². The number of carbonyl (C=O) groups is 1. The largest absolute Gasteiger partial charge is 0.481 e. The van der Waals surface area contributed by atoms with E-state index >= 15 is 0 Å². The van der Waals surface area contributed by atoms with Gasteiger partial charge in [-0.1, -0.05) is 19.1 Å². The number of pyridine rings is 2. The molecule has 0 aliphatic carbocycles. The summed E-state index contributed by atoms with van der Waals surface area (Å²) >= 11 is 0. The predicted octanol–water partition coefficient (Wildman–Crippen LogP) is 5.36. The fourth-order valence-corrected chi connectivity index (χ4v) is 4.10. The first kappa shape index (κ1) is 24.0. The zero-order chi connectivity index (χ0) is 25.9. The second-order valence-corrected chi connectivity index (χ2v) is 8.48. The van der Waals surface area contributed by atoms with Crippen molar-refractivity contribution in [2.75, 3.05) is 12.4 Å². The quantitative estimate of drug-likeness (QED) is 0.218. The van der Waals surface area contributed by atoms with Gasteiger partial charge in [-0.3, -0.25) is 4.79 Å². The smallest absolute Gasteiger partial charge is 0.226 e. The third-order valence-corrected chi connectivity index (χ3v) is 6.04. The summed E-state index contributed by atoms with van der Waals surface area (Å²) in [5.74, 6) is -1.11. The van der Waals surface area contributed by atoms with E-state index in [-0.39, 0.29) is 28.7 Å². The topological polar surface area (TPSA) is 106 Å². The Hall–Kier alpha value is -4.73. The summed E-state index contributed by atoms with van der Waals surface area (Å²) in [5.41, 5.74) is 2.68. The molecule has 5 aromatic rings. The summed E-state index contributed by atoms with van der Waals surface area (Å²) in [4.78, 5) is 33.0. The highest BCUT2D eigenvalue weighted by Crippen LogP contribution is 2.28. The number of anilines is 2. The van der Waals surface area contributed by atoms with E-state index in [1.54, 1.807) is 24.3 Å². The van der Waals surface area contributed by atoms with Crippen LogP contribution >= 0.6 is 0 Å². The van der Waals surface area contributed by atoms with Crippen LogP contribution in [0.3, 0.4) is 0 Å². The fraction of sp³-hybridized carbons (Fsp3) is 0.148. The van der Waals surface area contributed by atoms with Gasteiger partial charge in [0, 0.05) is 12.3 Å². The van der Waals surface area contributed by atoms with E-state index in [9.17, 15) is 13.6 Å². The SMILES string of the molecule is COc1ccc(Nc2ccc(C(=O)c3c[nH]c4ncnc(C[C@@H](C)c5ccc(F)cc5)c34)c(F)n2)cn1. The maximum absolute atomic E-state index is 15.0. The number of hydrogen-bond acceptors (Lipinski definition) is 7. The molecule has 0 amide bonds. The minimum Gasteiger partial charge on any atom is -0.481 e. The van der Waals surface area contributed by atoms with Crippen molar-refractivity contribution >= 4 is 28.3 Å². The van der Waals surface area contributed by atoms with Crippen LogP contribution in [-0.2, 0) is 6.42 Å². The third-order valence-electron chi connectivity index (χ3n) is 6.04. The van der Waals surface area contributed by atoms with Gasteiger partial charge in [0.2, 0.25) is 11.8 Å². The normalized spacial score (nSPS) is 11.9. The number of benzene rings is 1. The number of H-pyrrole nitrogens is 1. The first-order chi connectivity index (χ1) is 17.9. The summed E-state index contributed by atoms with van der Waals surface area (Å²) in [6, 6.07) is 12.5. The molecule has 2 N–H and O–H groups in total. The highest BCUT2D eigenvalue weighted by Gasteiger charge is 2.23. The van der Waals surface area contributed by atoms with E-state index < -0.39 is 11.7 Å². The Balaban J connectivity index is 1.42. The van der Waals surface area contributed by atoms with Gasteiger partial charge in [-0.25, -0.2) is 24.3 Å². The van der Waals surface area contributed by atoms with Crippen LogP contribution in [0.2, 0.25) is 0 Å². The van der Waals surface area contributed by atoms with Crippen molar-refractivity contribution in [2.45, 2.75) is 19.3 Å². The zero-order valence-electron chi connectivity index (χ0n) is 20.0. The van der Waals surface area contributed by atoms with Gasteiger partial charge in [0.1, 0.15) is 23.6 Å². The van der Waals surface area contributed by atoms with Crippen molar-refractivity contribution in [3.63, 3.8) is 0 Å². The number of ketones is 1. The first-order valence-corrected chi connectivity index (χ1v) is 11.5. The number of aromatic amines is 1. The fourth-order valence-electron chi connectivity index (χ4n) is 4.10. The molecule has 1 atom stereocenters. The Kier molecular flexibility index (Phi) is 6.55. The van der Waals surface area contributed by atoms with Gasteiger partial charge in [-0.05, 0) is 48.2 Å². The molecule has 0 bridgehead atoms. The van der Waals surface area contributed by atoms with Crippen LogP contribution in [0.4, 0.5) is 20.3 Å². The Bertz CT molecular complexity index is 1570. The summed E-state index contributed by atoms with van der Waals surface area (Å²) in [5, 5.41) is 3.47. The molecule has 0 fully saturated rings. The Labute approximate surface area is 210 Å². The molecule has 8 nitrogen and oxygen atoms in total. The van der Waals surface area contributed by atoms with Crippen LogP contribution in [0.5, 0.6) is 5.88 Å². The Morgan fingerprint density at radius 1 is 1.03 bits per heavy atom. The average molecular weight is 501 g/mol. The lowest BCUT2D eigenvalue weighted by atomic mass is 9.94. The summed E-state index contributed by atoms with van der Waals surface area (Å²) in [6.07, 6.45) is 4.92. The molecule has 0 aliphatic heterocycles. The molecule has 0 unspecified atom stereocenters. The van der Waals surface area contributed by atoms with Gasteiger partial charge in [0.05, 0.1) is 41.2 Å². The highest BCUT2D eigenvalue weighted by atomic mass is 19.1. The van der Waals surface area contributed by atoms with Gasteiger partial charge >= 0.3 is 0 Å². The lowest BCUT2D eigenvalue weighted by molar-refractivity contribution is 0.103. The van der Waals surface area contributed by atoms with Crippen molar-refractivity contribution in [3.8, 4) is 5.88 Å². The van der Waals surface area contributed by atoms with Gasteiger partial charge < -0.3 is 15.0 Å². The first-order valence-electron chi connectivity index (χ1n) is 11.5. The molecule has 0 saturated carbocycles. The standard InChI is InChI=1S/C27H22F2N6O2/c1-15(16-3-5-17(28)6-4-16)11-21-24-20(13-31-27(24)33-14-32-21)25(36)19-8-9-22(35-26(19)29)34-18-7-10-23(37-2)30-12-18/h3-10,12-15H,11H2,1-2H3,(H,34,35)(H,31,32,33)/t15-/m1/s1. The molecule has 0 aliphatic rings. The lowest BCUT2D eigenvalue weighted by Crippen LogP contribution is -2.09. The molecule has 186 valence electrons. The van der Waals surface area contributed by atoms with E-state index in [0.717, 1.165) is 5.56 Å². The minimum absolute atomic E-state index is 0.00671. The summed E-state index contributed by atoms with van der Waals surface area (Å²) < 4.78 is 33.4. The number of rotatable bonds is 8. The number of hydrogen-bond donors (Lipinski definition) is 2. The Morgan fingerprint density at radius 3 is 2.54 bits per heavy atom. The number of aromatic nitrogens is 5. The number of fused-ring (bicyclic) bond motifs is 1. The highest BCUT2D eigenvalue weighted by molar-refractivity contribution is 6.16. The maximum atomic E-state index is 15.0. The summed E-state index contributed by atoms with van der Waals surface area (Å²) in [6.45, 7) is 1.99. The van der Waals surface area contributed by atoms with Crippen molar-refractivity contribution in [2.24, 2.45) is 0 Å². The van der Waals surface area contributed by atoms with Crippen LogP contribution in [0.25, 0.3) is 11.0 Å². The average Bonchev–Trinajstić information content (AvgIpc) is 3.34. The monoisotopic (exact) mass is 500 g/mol. The molecule has 0 saturated heterocycles. The van der Waals surface area contributed by atoms with Gasteiger partial charge in [0.25, 0.3) is 0 Å². The number of nitrogens with one attached hydrogen (secondary N) is 2. The molecular formula is C27H22F2N6O2. The molecule has 1 aromatic carbocycles. The number of ether oxygens (including phenoxy) is 1. The van der Waals surface area contributed by atoms with Crippen LogP contribution in [-0.4, -0.2) is 37.8 Å². The number of nitrogens with zero attached hydrogens (tertiary/aromatic N) is 4. The number of methoxy groups -OCH3 is 1. The molecule has 4 heterocycles. The predicted molar refractivity (Wildman–Crippen MR) is 134 cm³/mol. The van der Waals surface area contributed by atoms with E-state index in [0.29, 0.717) is 34.7 Å². The second-order valence-electron chi connectivity index (χ2n) is 8.48. The third kappa shape index (κ3) is 4.99. The van der Waals surface area contributed by atoms with E-state index in [4.69, 9.17) is 4.74 Å². The lowest BCUT2D eigenvalue weighted by Gasteiger charge is -2.13. The molecular weight excluding hydrogens is 478 g/mol. The van der Waals surface area contributed by atoms with Gasteiger partial charge in [-0.2, -0.15) is 4.39 Å². The molecule has 10 heteroatoms. The van der Waals surface area contributed by atoms with Crippen molar-refractivity contribution in [1.82, 2.24) is 24.9 Å². The van der Waals surface area contributed by atoms with Crippen molar-refractivity contribution in [1.29, 1.82) is 0 Å².